The number of hydrogen-bond acceptors (Lipinski definition) is 6. The molecule has 0 aliphatic rings. The van der Waals surface area contributed by atoms with Gasteiger partial charge in [0.1, 0.15) is 5.69 Å². The van der Waals surface area contributed by atoms with E-state index in [2.05, 4.69) is 48.2 Å². The SMILES string of the molecule is CC(C)(C)c1c[c-]no1.Nc1nccnc1C(=O)Cc1cc[c-]cc1.[K+]. The number of carbonyl (C=O) groups excluding carboxylic acids is 1. The molecule has 0 saturated heterocycles. The van der Waals surface area contributed by atoms with E-state index in [0.29, 0.717) is 0 Å². The summed E-state index contributed by atoms with van der Waals surface area (Å²) in [6.45, 7) is 6.21. The summed E-state index contributed by atoms with van der Waals surface area (Å²) < 4.78 is 4.89. The minimum Gasteiger partial charge on any atom is -0.470 e. The van der Waals surface area contributed by atoms with E-state index >= 15 is 0 Å². The molecule has 6 nitrogen and oxygen atoms in total. The van der Waals surface area contributed by atoms with Gasteiger partial charge in [0, 0.05) is 18.8 Å². The molecule has 0 unspecified atom stereocenters. The van der Waals surface area contributed by atoms with Gasteiger partial charge in [-0.2, -0.15) is 42.0 Å². The van der Waals surface area contributed by atoms with Gasteiger partial charge in [-0.15, -0.1) is 6.20 Å². The maximum absolute atomic E-state index is 11.8. The molecule has 26 heavy (non-hydrogen) atoms. The number of anilines is 1. The summed E-state index contributed by atoms with van der Waals surface area (Å²) in [7, 11) is 0. The molecule has 2 aromatic heterocycles. The van der Waals surface area contributed by atoms with Gasteiger partial charge in [-0.05, 0) is 11.2 Å². The minimum atomic E-state index is -0.128. The molecule has 1 aromatic carbocycles. The Kier molecular flexibility index (Phi) is 9.32. The first-order valence-electron chi connectivity index (χ1n) is 7.76. The van der Waals surface area contributed by atoms with Crippen molar-refractivity contribution in [2.75, 3.05) is 5.73 Å². The summed E-state index contributed by atoms with van der Waals surface area (Å²) in [5.74, 6) is 0.925. The van der Waals surface area contributed by atoms with Crippen LogP contribution in [0.5, 0.6) is 0 Å². The van der Waals surface area contributed by atoms with Crippen LogP contribution in [0.4, 0.5) is 5.82 Å². The predicted octanol–water partition coefficient (Wildman–Crippen LogP) is 0.0607. The third kappa shape index (κ3) is 7.09. The van der Waals surface area contributed by atoms with Gasteiger partial charge in [0.05, 0.1) is 0 Å². The van der Waals surface area contributed by atoms with Crippen molar-refractivity contribution in [1.29, 1.82) is 0 Å². The third-order valence-corrected chi connectivity index (χ3v) is 3.27. The van der Waals surface area contributed by atoms with Crippen molar-refractivity contribution < 1.29 is 60.7 Å². The fourth-order valence-electron chi connectivity index (χ4n) is 1.91. The Balaban J connectivity index is 0.000000290. The summed E-state index contributed by atoms with van der Waals surface area (Å²) >= 11 is 0. The topological polar surface area (TPSA) is 94.9 Å². The summed E-state index contributed by atoms with van der Waals surface area (Å²) in [6, 6.07) is 11.9. The Bertz CT molecular complexity index is 800. The van der Waals surface area contributed by atoms with Crippen molar-refractivity contribution in [3.8, 4) is 0 Å². The molecular weight excluding hydrogens is 355 g/mol. The van der Waals surface area contributed by atoms with Gasteiger partial charge in [-0.25, -0.2) is 15.1 Å². The maximum Gasteiger partial charge on any atom is 1.00 e. The monoisotopic (exact) mass is 375 g/mol. The molecule has 2 N–H and O–H groups in total. The van der Waals surface area contributed by atoms with E-state index in [4.69, 9.17) is 10.3 Å². The molecule has 3 rings (SSSR count). The smallest absolute Gasteiger partial charge is 0.470 e. The van der Waals surface area contributed by atoms with Gasteiger partial charge in [0.2, 0.25) is 0 Å². The van der Waals surface area contributed by atoms with E-state index in [1.54, 1.807) is 18.2 Å². The van der Waals surface area contributed by atoms with E-state index in [1.165, 1.54) is 12.4 Å². The second kappa shape index (κ2) is 10.7. The van der Waals surface area contributed by atoms with Crippen molar-refractivity contribution >= 4 is 11.6 Å². The Morgan fingerprint density at radius 2 is 1.85 bits per heavy atom. The maximum atomic E-state index is 11.8. The molecule has 7 heteroatoms. The number of rotatable bonds is 3. The molecule has 130 valence electrons. The molecule has 0 aliphatic heterocycles. The van der Waals surface area contributed by atoms with Crippen LogP contribution in [0.15, 0.2) is 47.2 Å². The third-order valence-electron chi connectivity index (χ3n) is 3.27. The molecule has 0 radical (unpaired) electrons. The number of carbonyl (C=O) groups is 1. The minimum absolute atomic E-state index is 0. The van der Waals surface area contributed by atoms with Crippen molar-refractivity contribution in [2.24, 2.45) is 0 Å². The van der Waals surface area contributed by atoms with Crippen LogP contribution in [0, 0.1) is 12.3 Å². The number of Topliss-reactive ketones (excluding diaryl/α,β-unsaturated/α-hetero) is 1. The van der Waals surface area contributed by atoms with Crippen LogP contribution in [0.25, 0.3) is 0 Å². The van der Waals surface area contributed by atoms with E-state index in [-0.39, 0.29) is 80.5 Å². The molecule has 0 aliphatic carbocycles. The average molecular weight is 375 g/mol. The molecule has 0 atom stereocenters. The van der Waals surface area contributed by atoms with Crippen LogP contribution in [0.3, 0.4) is 0 Å². The zero-order valence-electron chi connectivity index (χ0n) is 15.5. The van der Waals surface area contributed by atoms with Crippen LogP contribution in [0.2, 0.25) is 0 Å². The van der Waals surface area contributed by atoms with Crippen molar-refractivity contribution in [3.05, 3.63) is 72.0 Å². The quantitative estimate of drug-likeness (QED) is 0.395. The van der Waals surface area contributed by atoms with Gasteiger partial charge in [0.15, 0.2) is 11.6 Å². The Morgan fingerprint density at radius 3 is 2.35 bits per heavy atom. The number of nitrogens with zero attached hydrogens (tertiary/aromatic N) is 3. The molecule has 2 heterocycles. The molecule has 0 bridgehead atoms. The fourth-order valence-corrected chi connectivity index (χ4v) is 1.91. The van der Waals surface area contributed by atoms with E-state index < -0.39 is 0 Å². The number of nitrogen functional groups attached to an aromatic ring is 1. The van der Waals surface area contributed by atoms with Crippen molar-refractivity contribution in [2.45, 2.75) is 32.6 Å². The standard InChI is InChI=1S/C12H10N3O.C7H10NO.K/c13-12-11(14-6-7-15-12)10(16)8-9-4-2-1-3-5-9;1-7(2,3)6-4-5-8-9-6;/h2-7H,8H2,(H2,13,15);4H,1-3H3;/q2*-1;+1. The van der Waals surface area contributed by atoms with Crippen LogP contribution in [-0.2, 0) is 11.8 Å². The first-order valence-corrected chi connectivity index (χ1v) is 7.76. The number of ketones is 1. The van der Waals surface area contributed by atoms with Crippen LogP contribution in [0.1, 0.15) is 42.6 Å². The molecule has 0 amide bonds. The summed E-state index contributed by atoms with van der Waals surface area (Å²) in [5.41, 5.74) is 6.78. The van der Waals surface area contributed by atoms with Crippen molar-refractivity contribution in [1.82, 2.24) is 15.1 Å². The number of aromatic nitrogens is 3. The van der Waals surface area contributed by atoms with Gasteiger partial charge >= 0.3 is 51.4 Å². The number of nitrogens with two attached hydrogens (primary N) is 1. The Labute approximate surface area is 196 Å². The zero-order chi connectivity index (χ0) is 18.3. The van der Waals surface area contributed by atoms with Gasteiger partial charge in [-0.1, -0.05) is 20.8 Å². The van der Waals surface area contributed by atoms with Crippen LogP contribution >= 0.6 is 0 Å². The van der Waals surface area contributed by atoms with Crippen LogP contribution < -0.4 is 57.1 Å². The molecule has 3 aromatic rings. The largest absolute Gasteiger partial charge is 1.00 e. The normalized spacial score (nSPS) is 10.3. The average Bonchev–Trinajstić information content (AvgIpc) is 3.11. The molecular formula is C19H20KN4O2-. The Morgan fingerprint density at radius 1 is 1.19 bits per heavy atom. The van der Waals surface area contributed by atoms with Gasteiger partial charge < -0.3 is 10.3 Å². The first kappa shape index (κ1) is 22.7. The summed E-state index contributed by atoms with van der Waals surface area (Å²) in [6.07, 6.45) is 5.82. The summed E-state index contributed by atoms with van der Waals surface area (Å²) in [4.78, 5) is 19.6. The first-order chi connectivity index (χ1) is 11.9. The molecule has 0 spiro atoms. The van der Waals surface area contributed by atoms with Gasteiger partial charge in [-0.3, -0.25) is 4.79 Å². The molecule has 0 saturated carbocycles. The second-order valence-electron chi connectivity index (χ2n) is 6.37. The van der Waals surface area contributed by atoms with Crippen LogP contribution in [-0.4, -0.2) is 20.9 Å². The predicted molar refractivity (Wildman–Crippen MR) is 93.8 cm³/mol. The summed E-state index contributed by atoms with van der Waals surface area (Å²) in [5, 5.41) is 3.49. The number of hydrogen-bond donors (Lipinski definition) is 1. The number of benzene rings is 1. The Hall–Kier alpha value is -1.38. The van der Waals surface area contributed by atoms with E-state index in [1.807, 2.05) is 12.1 Å². The fraction of sp³-hybridized carbons (Fsp3) is 0.263. The zero-order valence-corrected chi connectivity index (χ0v) is 18.6. The van der Waals surface area contributed by atoms with E-state index in [9.17, 15) is 4.79 Å². The van der Waals surface area contributed by atoms with Crippen molar-refractivity contribution in [3.63, 3.8) is 0 Å². The second-order valence-corrected chi connectivity index (χ2v) is 6.37. The van der Waals surface area contributed by atoms with Gasteiger partial charge in [0.25, 0.3) is 0 Å². The molecule has 0 fully saturated rings. The van der Waals surface area contributed by atoms with E-state index in [0.717, 1.165) is 11.3 Å².